The SMILES string of the molecule is CN(C)c1ccc(C(=O)Nc2n[nH]c3c2CN(S(=O)(=O)c2cc(F)cc(F)c2)C3(C)C)c(NC(=O)c2cccn2C)c1. The Kier molecular flexibility index (Phi) is 7.15. The van der Waals surface area contributed by atoms with Crippen molar-refractivity contribution in [2.24, 2.45) is 7.05 Å². The van der Waals surface area contributed by atoms with E-state index in [2.05, 4.69) is 20.8 Å². The molecule has 1 aliphatic heterocycles. The second kappa shape index (κ2) is 10.4. The average Bonchev–Trinajstić information content (AvgIpc) is 3.59. The fraction of sp³-hybridized carbons (Fsp3) is 0.250. The van der Waals surface area contributed by atoms with E-state index in [0.717, 1.165) is 22.1 Å². The van der Waals surface area contributed by atoms with Gasteiger partial charge in [-0.3, -0.25) is 14.7 Å². The molecule has 3 N–H and O–H groups in total. The highest BCUT2D eigenvalue weighted by molar-refractivity contribution is 7.89. The molecular formula is C28H29F2N7O4S. The lowest BCUT2D eigenvalue weighted by molar-refractivity contribution is 0.101. The summed E-state index contributed by atoms with van der Waals surface area (Å²) in [6.07, 6.45) is 1.73. The number of carbonyl (C=O) groups excluding carboxylic acids is 2. The van der Waals surface area contributed by atoms with Crippen LogP contribution in [0.3, 0.4) is 0 Å². The van der Waals surface area contributed by atoms with E-state index in [9.17, 15) is 26.8 Å². The highest BCUT2D eigenvalue weighted by Gasteiger charge is 2.48. The minimum atomic E-state index is -4.35. The number of hydrogen-bond acceptors (Lipinski definition) is 6. The number of nitrogens with zero attached hydrogens (tertiary/aromatic N) is 4. The number of sulfonamides is 1. The van der Waals surface area contributed by atoms with Gasteiger partial charge >= 0.3 is 0 Å². The van der Waals surface area contributed by atoms with E-state index in [4.69, 9.17) is 0 Å². The first kappa shape index (κ1) is 29.0. The standard InChI is InChI=1S/C28H29F2N7O4S/c1-28(2)24-21(15-37(28)42(40,41)19-12-16(29)11-17(30)13-19)25(34-33-24)32-26(38)20-9-8-18(35(3)4)14-22(20)31-27(39)23-7-6-10-36(23)5/h6-14H,15H2,1-5H3,(H,31,39)(H2,32,33,34,38). The maximum Gasteiger partial charge on any atom is 0.272 e. The van der Waals surface area contributed by atoms with E-state index < -0.39 is 43.9 Å². The van der Waals surface area contributed by atoms with Crippen LogP contribution in [-0.4, -0.2) is 53.4 Å². The van der Waals surface area contributed by atoms with Crippen LogP contribution in [-0.2, 0) is 29.2 Å². The first-order chi connectivity index (χ1) is 19.7. The van der Waals surface area contributed by atoms with Crippen molar-refractivity contribution >= 4 is 39.0 Å². The lowest BCUT2D eigenvalue weighted by Crippen LogP contribution is -2.40. The molecule has 0 unspecified atom stereocenters. The Morgan fingerprint density at radius 3 is 2.33 bits per heavy atom. The predicted molar refractivity (Wildman–Crippen MR) is 153 cm³/mol. The molecule has 3 heterocycles. The number of hydrogen-bond donors (Lipinski definition) is 3. The van der Waals surface area contributed by atoms with Crippen molar-refractivity contribution in [3.05, 3.63) is 88.9 Å². The van der Waals surface area contributed by atoms with Crippen molar-refractivity contribution in [3.63, 3.8) is 0 Å². The van der Waals surface area contributed by atoms with Crippen molar-refractivity contribution in [3.8, 4) is 0 Å². The highest BCUT2D eigenvalue weighted by atomic mass is 32.2. The fourth-order valence-electron chi connectivity index (χ4n) is 4.95. The van der Waals surface area contributed by atoms with Crippen LogP contribution >= 0.6 is 0 Å². The molecule has 0 saturated heterocycles. The van der Waals surface area contributed by atoms with Crippen molar-refractivity contribution < 1.29 is 26.8 Å². The second-order valence-corrected chi connectivity index (χ2v) is 12.5. The maximum absolute atomic E-state index is 13.9. The molecule has 0 bridgehead atoms. The van der Waals surface area contributed by atoms with Crippen molar-refractivity contribution in [1.82, 2.24) is 19.1 Å². The zero-order valence-electron chi connectivity index (χ0n) is 23.5. The monoisotopic (exact) mass is 597 g/mol. The van der Waals surface area contributed by atoms with Gasteiger partial charge in [-0.15, -0.1) is 0 Å². The van der Waals surface area contributed by atoms with E-state index in [1.165, 1.54) is 0 Å². The molecule has 1 aliphatic rings. The van der Waals surface area contributed by atoms with Crippen LogP contribution in [0.5, 0.6) is 0 Å². The fourth-order valence-corrected chi connectivity index (χ4v) is 6.72. The third kappa shape index (κ3) is 5.03. The number of fused-ring (bicyclic) bond motifs is 1. The summed E-state index contributed by atoms with van der Waals surface area (Å²) in [6.45, 7) is 3.02. The molecule has 2 amide bonds. The van der Waals surface area contributed by atoms with Gasteiger partial charge in [0.05, 0.1) is 27.4 Å². The summed E-state index contributed by atoms with van der Waals surface area (Å²) < 4.78 is 57.4. The summed E-state index contributed by atoms with van der Waals surface area (Å²) in [7, 11) is 1.03. The molecule has 0 radical (unpaired) electrons. The topological polar surface area (TPSA) is 132 Å². The van der Waals surface area contributed by atoms with Crippen LogP contribution in [0, 0.1) is 11.6 Å². The van der Waals surface area contributed by atoms with Crippen LogP contribution in [0.15, 0.2) is 59.6 Å². The molecule has 4 aromatic rings. The number of aryl methyl sites for hydroxylation is 1. The lowest BCUT2D eigenvalue weighted by Gasteiger charge is -2.30. The summed E-state index contributed by atoms with van der Waals surface area (Å²) in [5, 5.41) is 12.5. The number of halogens is 2. The second-order valence-electron chi connectivity index (χ2n) is 10.6. The zero-order valence-corrected chi connectivity index (χ0v) is 24.3. The van der Waals surface area contributed by atoms with Gasteiger partial charge in [0.25, 0.3) is 11.8 Å². The number of aromatic amines is 1. The molecule has 2 aromatic heterocycles. The highest BCUT2D eigenvalue weighted by Crippen LogP contribution is 2.44. The molecule has 14 heteroatoms. The smallest absolute Gasteiger partial charge is 0.272 e. The summed E-state index contributed by atoms with van der Waals surface area (Å²) in [4.78, 5) is 27.8. The molecule has 5 rings (SSSR count). The molecule has 2 aromatic carbocycles. The van der Waals surface area contributed by atoms with Gasteiger partial charge in [0.15, 0.2) is 5.82 Å². The van der Waals surface area contributed by atoms with Crippen LogP contribution in [0.1, 0.15) is 46.0 Å². The number of aromatic nitrogens is 3. The van der Waals surface area contributed by atoms with Gasteiger partial charge in [0, 0.05) is 51.2 Å². The Balaban J connectivity index is 1.45. The number of rotatable bonds is 7. The van der Waals surface area contributed by atoms with Crippen molar-refractivity contribution in [2.75, 3.05) is 29.6 Å². The van der Waals surface area contributed by atoms with E-state index >= 15 is 0 Å². The number of H-pyrrole nitrogens is 1. The van der Waals surface area contributed by atoms with E-state index in [-0.39, 0.29) is 23.6 Å². The summed E-state index contributed by atoms with van der Waals surface area (Å²) in [6, 6.07) is 10.4. The molecule has 0 aliphatic carbocycles. The van der Waals surface area contributed by atoms with Crippen molar-refractivity contribution in [2.45, 2.75) is 30.8 Å². The van der Waals surface area contributed by atoms with E-state index in [0.29, 0.717) is 23.0 Å². The molecule has 0 fully saturated rings. The third-order valence-electron chi connectivity index (χ3n) is 7.25. The number of benzene rings is 2. The Hall–Kier alpha value is -4.56. The Labute approximate surface area is 241 Å². The molecule has 11 nitrogen and oxygen atoms in total. The van der Waals surface area contributed by atoms with Crippen LogP contribution in [0.4, 0.5) is 26.0 Å². The number of anilines is 3. The Morgan fingerprint density at radius 2 is 1.71 bits per heavy atom. The van der Waals surface area contributed by atoms with Crippen LogP contribution in [0.25, 0.3) is 0 Å². The van der Waals surface area contributed by atoms with Gasteiger partial charge in [0.1, 0.15) is 17.3 Å². The maximum atomic E-state index is 13.9. The average molecular weight is 598 g/mol. The largest absolute Gasteiger partial charge is 0.378 e. The molecule has 0 saturated carbocycles. The van der Waals surface area contributed by atoms with Gasteiger partial charge in [-0.05, 0) is 56.3 Å². The van der Waals surface area contributed by atoms with Gasteiger partial charge in [-0.1, -0.05) is 0 Å². The lowest BCUT2D eigenvalue weighted by atomic mass is 10.0. The van der Waals surface area contributed by atoms with Crippen LogP contribution < -0.4 is 15.5 Å². The van der Waals surface area contributed by atoms with Crippen molar-refractivity contribution in [1.29, 1.82) is 0 Å². The zero-order chi connectivity index (χ0) is 30.6. The van der Waals surface area contributed by atoms with E-state index in [1.807, 2.05) is 19.0 Å². The number of nitrogens with one attached hydrogen (secondary N) is 3. The van der Waals surface area contributed by atoms with Gasteiger partial charge in [0.2, 0.25) is 10.0 Å². The minimum absolute atomic E-state index is 0.0857. The molecule has 42 heavy (non-hydrogen) atoms. The van der Waals surface area contributed by atoms with Crippen LogP contribution in [0.2, 0.25) is 0 Å². The normalized spacial score (nSPS) is 14.5. The number of amides is 2. The molecule has 220 valence electrons. The van der Waals surface area contributed by atoms with Gasteiger partial charge in [-0.2, -0.15) is 9.40 Å². The summed E-state index contributed by atoms with van der Waals surface area (Å²) in [5.74, 6) is -2.96. The van der Waals surface area contributed by atoms with Gasteiger partial charge in [-0.25, -0.2) is 17.2 Å². The minimum Gasteiger partial charge on any atom is -0.378 e. The molecule has 0 atom stereocenters. The quantitative estimate of drug-likeness (QED) is 0.295. The summed E-state index contributed by atoms with van der Waals surface area (Å²) in [5.41, 5.74) is 1.17. The first-order valence-corrected chi connectivity index (χ1v) is 14.3. The summed E-state index contributed by atoms with van der Waals surface area (Å²) >= 11 is 0. The predicted octanol–water partition coefficient (Wildman–Crippen LogP) is 4.04. The molecule has 0 spiro atoms. The third-order valence-corrected chi connectivity index (χ3v) is 9.25. The Bertz CT molecular complexity index is 1810. The first-order valence-electron chi connectivity index (χ1n) is 12.8. The van der Waals surface area contributed by atoms with Gasteiger partial charge < -0.3 is 20.1 Å². The van der Waals surface area contributed by atoms with E-state index in [1.54, 1.807) is 62.0 Å². The number of carbonyl (C=O) groups is 2. The molecular weight excluding hydrogens is 568 g/mol. The Morgan fingerprint density at radius 1 is 1.02 bits per heavy atom.